The summed E-state index contributed by atoms with van der Waals surface area (Å²) in [7, 11) is 1.30. The van der Waals surface area contributed by atoms with Crippen LogP contribution in [0.5, 0.6) is 0 Å². The standard InChI is InChI=1S/C14H23NO6/c1-21-13(19)8-5-14(20)10(15(8)6-7-2-3-7)4-9(16)11(17)12(14)18/h7-12,16-18,20H,2-6H2,1H3/t8?,9?,10?,11?,12?,14-/m0/s1. The minimum atomic E-state index is -1.59. The number of ether oxygens (including phenoxy) is 1. The summed E-state index contributed by atoms with van der Waals surface area (Å²) in [6, 6.07) is -1.19. The number of aliphatic hydroxyl groups is 4. The van der Waals surface area contributed by atoms with Crippen molar-refractivity contribution in [1.82, 2.24) is 4.90 Å². The Morgan fingerprint density at radius 3 is 2.57 bits per heavy atom. The molecule has 3 rings (SSSR count). The van der Waals surface area contributed by atoms with Gasteiger partial charge in [0.05, 0.1) is 13.2 Å². The zero-order valence-electron chi connectivity index (χ0n) is 12.1. The molecule has 1 heterocycles. The third kappa shape index (κ3) is 2.37. The maximum atomic E-state index is 12.0. The van der Waals surface area contributed by atoms with Crippen molar-refractivity contribution in [2.45, 2.75) is 61.7 Å². The van der Waals surface area contributed by atoms with Crippen molar-refractivity contribution >= 4 is 5.97 Å². The second kappa shape index (κ2) is 5.17. The van der Waals surface area contributed by atoms with E-state index in [4.69, 9.17) is 4.74 Å². The fourth-order valence-corrected chi connectivity index (χ4v) is 3.81. The Bertz CT molecular complexity index is 428. The molecule has 0 spiro atoms. The van der Waals surface area contributed by atoms with Gasteiger partial charge in [0, 0.05) is 19.0 Å². The molecule has 7 heteroatoms. The van der Waals surface area contributed by atoms with Crippen molar-refractivity contribution < 1.29 is 30.0 Å². The van der Waals surface area contributed by atoms with Crippen LogP contribution in [-0.2, 0) is 9.53 Å². The van der Waals surface area contributed by atoms with Crippen LogP contribution in [0.3, 0.4) is 0 Å². The highest BCUT2D eigenvalue weighted by molar-refractivity contribution is 5.76. The molecule has 21 heavy (non-hydrogen) atoms. The van der Waals surface area contributed by atoms with Gasteiger partial charge in [-0.25, -0.2) is 0 Å². The topological polar surface area (TPSA) is 110 Å². The molecule has 5 unspecified atom stereocenters. The van der Waals surface area contributed by atoms with E-state index in [0.717, 1.165) is 12.8 Å². The SMILES string of the molecule is COC(=O)C1C[C@@]2(O)C(O)C(O)C(O)CC2N1CC1CC1. The molecule has 1 aliphatic heterocycles. The molecule has 6 atom stereocenters. The predicted octanol–water partition coefficient (Wildman–Crippen LogP) is -1.77. The third-order valence-corrected chi connectivity index (χ3v) is 5.23. The smallest absolute Gasteiger partial charge is 0.323 e. The van der Waals surface area contributed by atoms with Crippen LogP contribution in [-0.4, -0.2) is 80.9 Å². The number of fused-ring (bicyclic) bond motifs is 1. The number of methoxy groups -OCH3 is 1. The number of hydrogen-bond acceptors (Lipinski definition) is 7. The number of hydrogen-bond donors (Lipinski definition) is 4. The zero-order valence-corrected chi connectivity index (χ0v) is 12.1. The van der Waals surface area contributed by atoms with E-state index in [9.17, 15) is 25.2 Å². The summed E-state index contributed by atoms with van der Waals surface area (Å²) in [5.41, 5.74) is -1.59. The molecule has 0 aromatic rings. The summed E-state index contributed by atoms with van der Waals surface area (Å²) in [6.07, 6.45) is -1.65. The molecule has 120 valence electrons. The Labute approximate surface area is 123 Å². The molecule has 0 aromatic heterocycles. The number of carbonyl (C=O) groups excluding carboxylic acids is 1. The van der Waals surface area contributed by atoms with Crippen LogP contribution in [0.1, 0.15) is 25.7 Å². The number of esters is 1. The number of aliphatic hydroxyl groups excluding tert-OH is 3. The first-order valence-corrected chi connectivity index (χ1v) is 7.48. The molecule has 3 fully saturated rings. The van der Waals surface area contributed by atoms with E-state index in [1.165, 1.54) is 7.11 Å². The lowest BCUT2D eigenvalue weighted by Crippen LogP contribution is -2.64. The molecule has 7 nitrogen and oxygen atoms in total. The Morgan fingerprint density at radius 1 is 1.33 bits per heavy atom. The van der Waals surface area contributed by atoms with E-state index in [-0.39, 0.29) is 12.8 Å². The van der Waals surface area contributed by atoms with Gasteiger partial charge in [0.2, 0.25) is 0 Å². The van der Waals surface area contributed by atoms with Crippen molar-refractivity contribution in [2.24, 2.45) is 5.92 Å². The van der Waals surface area contributed by atoms with E-state index in [0.29, 0.717) is 12.5 Å². The predicted molar refractivity (Wildman–Crippen MR) is 71.2 cm³/mol. The third-order valence-electron chi connectivity index (χ3n) is 5.23. The van der Waals surface area contributed by atoms with E-state index < -0.39 is 42.0 Å². The van der Waals surface area contributed by atoms with Gasteiger partial charge in [0.1, 0.15) is 23.9 Å². The monoisotopic (exact) mass is 301 g/mol. The highest BCUT2D eigenvalue weighted by Gasteiger charge is 2.62. The van der Waals surface area contributed by atoms with Crippen LogP contribution < -0.4 is 0 Å². The fraction of sp³-hybridized carbons (Fsp3) is 0.929. The molecule has 2 aliphatic carbocycles. The van der Waals surface area contributed by atoms with Crippen LogP contribution in [0.4, 0.5) is 0 Å². The van der Waals surface area contributed by atoms with Crippen LogP contribution in [0.15, 0.2) is 0 Å². The summed E-state index contributed by atoms with van der Waals surface area (Å²) in [4.78, 5) is 13.8. The van der Waals surface area contributed by atoms with Crippen molar-refractivity contribution in [3.63, 3.8) is 0 Å². The molecule has 0 radical (unpaired) electrons. The first kappa shape index (κ1) is 15.2. The summed E-state index contributed by atoms with van der Waals surface area (Å²) < 4.78 is 4.81. The molecule has 2 saturated carbocycles. The van der Waals surface area contributed by atoms with E-state index in [1.807, 2.05) is 4.90 Å². The lowest BCUT2D eigenvalue weighted by Gasteiger charge is -2.45. The Kier molecular flexibility index (Phi) is 3.74. The number of carbonyl (C=O) groups is 1. The van der Waals surface area contributed by atoms with Crippen LogP contribution >= 0.6 is 0 Å². The second-order valence-corrected chi connectivity index (χ2v) is 6.63. The maximum Gasteiger partial charge on any atom is 0.323 e. The van der Waals surface area contributed by atoms with Crippen molar-refractivity contribution in [3.05, 3.63) is 0 Å². The van der Waals surface area contributed by atoms with Crippen molar-refractivity contribution in [1.29, 1.82) is 0 Å². The summed E-state index contributed by atoms with van der Waals surface area (Å²) in [5.74, 6) is 0.0373. The first-order chi connectivity index (χ1) is 9.88. The van der Waals surface area contributed by atoms with E-state index >= 15 is 0 Å². The highest BCUT2D eigenvalue weighted by Crippen LogP contribution is 2.45. The molecule has 0 bridgehead atoms. The summed E-state index contributed by atoms with van der Waals surface area (Å²) >= 11 is 0. The normalized spacial score (nSPS) is 47.2. The molecule has 0 amide bonds. The van der Waals surface area contributed by atoms with Gasteiger partial charge in [-0.15, -0.1) is 0 Å². The molecule has 1 saturated heterocycles. The Balaban J connectivity index is 1.89. The molecular weight excluding hydrogens is 278 g/mol. The van der Waals surface area contributed by atoms with Gasteiger partial charge in [-0.1, -0.05) is 0 Å². The fourth-order valence-electron chi connectivity index (χ4n) is 3.81. The number of rotatable bonds is 3. The minimum absolute atomic E-state index is 0.0159. The van der Waals surface area contributed by atoms with Crippen molar-refractivity contribution in [3.8, 4) is 0 Å². The Morgan fingerprint density at radius 2 is 2.00 bits per heavy atom. The molecular formula is C14H23NO6. The van der Waals surface area contributed by atoms with Gasteiger partial charge >= 0.3 is 5.97 Å². The quantitative estimate of drug-likeness (QED) is 0.457. The van der Waals surface area contributed by atoms with Gasteiger partial charge in [0.15, 0.2) is 0 Å². The highest BCUT2D eigenvalue weighted by atomic mass is 16.5. The number of nitrogens with zero attached hydrogens (tertiary/aromatic N) is 1. The summed E-state index contributed by atoms with van der Waals surface area (Å²) in [6.45, 7) is 0.641. The van der Waals surface area contributed by atoms with Crippen LogP contribution in [0.2, 0.25) is 0 Å². The average Bonchev–Trinajstić information content (AvgIpc) is 3.23. The van der Waals surface area contributed by atoms with Gasteiger partial charge in [-0.3, -0.25) is 9.69 Å². The maximum absolute atomic E-state index is 12.0. The van der Waals surface area contributed by atoms with E-state index in [2.05, 4.69) is 0 Å². The lowest BCUT2D eigenvalue weighted by molar-refractivity contribution is -0.196. The lowest BCUT2D eigenvalue weighted by atomic mass is 9.75. The van der Waals surface area contributed by atoms with Gasteiger partial charge in [-0.05, 0) is 25.2 Å². The van der Waals surface area contributed by atoms with Crippen molar-refractivity contribution in [2.75, 3.05) is 13.7 Å². The second-order valence-electron chi connectivity index (χ2n) is 6.63. The van der Waals surface area contributed by atoms with Crippen LogP contribution in [0, 0.1) is 5.92 Å². The van der Waals surface area contributed by atoms with Gasteiger partial charge < -0.3 is 25.2 Å². The Hall–Kier alpha value is -0.730. The van der Waals surface area contributed by atoms with Gasteiger partial charge in [0.25, 0.3) is 0 Å². The molecule has 4 N–H and O–H groups in total. The zero-order chi connectivity index (χ0) is 15.4. The first-order valence-electron chi connectivity index (χ1n) is 7.48. The summed E-state index contributed by atoms with van der Waals surface area (Å²) in [5, 5.41) is 40.7. The average molecular weight is 301 g/mol. The van der Waals surface area contributed by atoms with E-state index in [1.54, 1.807) is 0 Å². The van der Waals surface area contributed by atoms with Crippen LogP contribution in [0.25, 0.3) is 0 Å². The number of likely N-dealkylation sites (tertiary alicyclic amines) is 1. The minimum Gasteiger partial charge on any atom is -0.468 e. The van der Waals surface area contributed by atoms with Gasteiger partial charge in [-0.2, -0.15) is 0 Å². The molecule has 3 aliphatic rings. The molecule has 0 aromatic carbocycles. The largest absolute Gasteiger partial charge is 0.468 e.